The highest BCUT2D eigenvalue weighted by atomic mass is 19.1. The van der Waals surface area contributed by atoms with Crippen LogP contribution in [0.5, 0.6) is 0 Å². The average Bonchev–Trinajstić information content (AvgIpc) is 3.36. The third-order valence-corrected chi connectivity index (χ3v) is 4.63. The molecule has 0 radical (unpaired) electrons. The number of halogens is 1. The number of anilines is 1. The fraction of sp³-hybridized carbons (Fsp3) is 0.167. The Labute approximate surface area is 163 Å². The van der Waals surface area contributed by atoms with Crippen molar-refractivity contribution in [1.29, 1.82) is 0 Å². The smallest absolute Gasteiger partial charge is 0.410 e. The van der Waals surface area contributed by atoms with E-state index in [2.05, 4.69) is 25.7 Å². The fourth-order valence-electron chi connectivity index (χ4n) is 3.15. The lowest BCUT2D eigenvalue weighted by Gasteiger charge is -2.23. The average molecular weight is 397 g/mol. The Kier molecular flexibility index (Phi) is 4.43. The molecule has 0 bridgehead atoms. The van der Waals surface area contributed by atoms with Crippen LogP contribution >= 0.6 is 0 Å². The zero-order valence-corrected chi connectivity index (χ0v) is 15.2. The Hall–Kier alpha value is -3.86. The highest BCUT2D eigenvalue weighted by Gasteiger charge is 2.36. The molecule has 1 amide bonds. The molecular formula is C18H16FN7O3. The first-order valence-electron chi connectivity index (χ1n) is 8.67. The number of rotatable bonds is 5. The van der Waals surface area contributed by atoms with Gasteiger partial charge < -0.3 is 10.2 Å². The van der Waals surface area contributed by atoms with E-state index in [0.29, 0.717) is 11.2 Å². The number of hydrogen-bond donors (Lipinski definition) is 3. The third-order valence-electron chi connectivity index (χ3n) is 4.63. The van der Waals surface area contributed by atoms with E-state index in [-0.39, 0.29) is 23.6 Å². The van der Waals surface area contributed by atoms with Gasteiger partial charge in [0, 0.05) is 0 Å². The van der Waals surface area contributed by atoms with E-state index in [1.165, 1.54) is 27.8 Å². The lowest BCUT2D eigenvalue weighted by Crippen LogP contribution is -2.29. The van der Waals surface area contributed by atoms with Crippen molar-refractivity contribution in [2.24, 2.45) is 0 Å². The van der Waals surface area contributed by atoms with Gasteiger partial charge >= 0.3 is 6.09 Å². The molecule has 3 N–H and O–H groups in total. The molecule has 1 atom stereocenters. The summed E-state index contributed by atoms with van der Waals surface area (Å²) in [5.74, 6) is -0.401. The summed E-state index contributed by atoms with van der Waals surface area (Å²) < 4.78 is 16.7. The number of hydrogen-bond acceptors (Lipinski definition) is 6. The number of aromatic nitrogens is 6. The van der Waals surface area contributed by atoms with Gasteiger partial charge in [-0.15, -0.1) is 5.10 Å². The van der Waals surface area contributed by atoms with E-state index < -0.39 is 17.5 Å². The van der Waals surface area contributed by atoms with Gasteiger partial charge in [0.25, 0.3) is 0 Å². The SMILES string of the molecule is CCC(O)(c1cn(-c2ccccc2F)nn1)c1ccc2c(NC(=O)O)ncnn12. The molecule has 3 aromatic heterocycles. The first-order valence-corrected chi connectivity index (χ1v) is 8.67. The second kappa shape index (κ2) is 6.95. The Morgan fingerprint density at radius 1 is 1.28 bits per heavy atom. The van der Waals surface area contributed by atoms with Crippen LogP contribution in [-0.4, -0.2) is 45.9 Å². The number of nitrogens with zero attached hydrogens (tertiary/aromatic N) is 6. The Bertz CT molecular complexity index is 1210. The number of nitrogens with one attached hydrogen (secondary N) is 1. The highest BCUT2D eigenvalue weighted by molar-refractivity contribution is 5.87. The predicted molar refractivity (Wildman–Crippen MR) is 99.2 cm³/mol. The zero-order chi connectivity index (χ0) is 20.6. The molecule has 4 aromatic rings. The van der Waals surface area contributed by atoms with Crippen LogP contribution in [0.15, 0.2) is 48.9 Å². The van der Waals surface area contributed by atoms with Crippen LogP contribution in [0, 0.1) is 5.82 Å². The van der Waals surface area contributed by atoms with Crippen molar-refractivity contribution in [2.45, 2.75) is 18.9 Å². The summed E-state index contributed by atoms with van der Waals surface area (Å²) in [5, 5.41) is 34.7. The second-order valence-electron chi connectivity index (χ2n) is 6.27. The molecular weight excluding hydrogens is 381 g/mol. The van der Waals surface area contributed by atoms with Gasteiger partial charge in [-0.1, -0.05) is 24.3 Å². The van der Waals surface area contributed by atoms with Crippen LogP contribution in [0.4, 0.5) is 15.0 Å². The number of aliphatic hydroxyl groups is 1. The molecule has 148 valence electrons. The van der Waals surface area contributed by atoms with Crippen molar-refractivity contribution in [1.82, 2.24) is 29.6 Å². The van der Waals surface area contributed by atoms with Crippen molar-refractivity contribution in [3.05, 3.63) is 66.1 Å². The molecule has 0 aliphatic rings. The summed E-state index contributed by atoms with van der Waals surface area (Å²) in [5.41, 5.74) is -0.524. The Morgan fingerprint density at radius 3 is 2.79 bits per heavy atom. The topological polar surface area (TPSA) is 130 Å². The Morgan fingerprint density at radius 2 is 2.07 bits per heavy atom. The largest absolute Gasteiger partial charge is 0.465 e. The van der Waals surface area contributed by atoms with Crippen LogP contribution in [0.3, 0.4) is 0 Å². The van der Waals surface area contributed by atoms with Gasteiger partial charge in [-0.2, -0.15) is 5.10 Å². The second-order valence-corrected chi connectivity index (χ2v) is 6.27. The molecule has 1 unspecified atom stereocenters. The van der Waals surface area contributed by atoms with Crippen molar-refractivity contribution < 1.29 is 19.4 Å². The molecule has 10 nitrogen and oxygen atoms in total. The fourth-order valence-corrected chi connectivity index (χ4v) is 3.15. The minimum Gasteiger partial charge on any atom is -0.465 e. The predicted octanol–water partition coefficient (Wildman–Crippen LogP) is 2.18. The first kappa shape index (κ1) is 18.5. The molecule has 0 fully saturated rings. The summed E-state index contributed by atoms with van der Waals surface area (Å²) in [6.45, 7) is 1.75. The van der Waals surface area contributed by atoms with Gasteiger partial charge in [0.15, 0.2) is 11.4 Å². The molecule has 4 rings (SSSR count). The summed E-state index contributed by atoms with van der Waals surface area (Å²) >= 11 is 0. The molecule has 0 saturated heterocycles. The first-order chi connectivity index (χ1) is 13.9. The number of fused-ring (bicyclic) bond motifs is 1. The molecule has 0 spiro atoms. The monoisotopic (exact) mass is 397 g/mol. The van der Waals surface area contributed by atoms with Gasteiger partial charge in [-0.3, -0.25) is 5.32 Å². The van der Waals surface area contributed by atoms with Crippen molar-refractivity contribution >= 4 is 17.4 Å². The number of benzene rings is 1. The highest BCUT2D eigenvalue weighted by Crippen LogP contribution is 2.33. The third kappa shape index (κ3) is 3.06. The molecule has 29 heavy (non-hydrogen) atoms. The van der Waals surface area contributed by atoms with Crippen molar-refractivity contribution in [2.75, 3.05) is 5.32 Å². The van der Waals surface area contributed by atoms with E-state index in [9.17, 15) is 14.3 Å². The maximum absolute atomic E-state index is 14.1. The van der Waals surface area contributed by atoms with Crippen LogP contribution in [0.1, 0.15) is 24.7 Å². The Balaban J connectivity index is 1.81. The molecule has 3 heterocycles. The van der Waals surface area contributed by atoms with Crippen LogP contribution in [-0.2, 0) is 5.60 Å². The molecule has 1 aromatic carbocycles. The van der Waals surface area contributed by atoms with E-state index >= 15 is 0 Å². The van der Waals surface area contributed by atoms with Gasteiger partial charge in [0.1, 0.15) is 29.0 Å². The zero-order valence-electron chi connectivity index (χ0n) is 15.2. The number of para-hydroxylation sites is 1. The van der Waals surface area contributed by atoms with Gasteiger partial charge in [0.2, 0.25) is 0 Å². The number of carboxylic acid groups (broad SMARTS) is 1. The van der Waals surface area contributed by atoms with Crippen molar-refractivity contribution in [3.63, 3.8) is 0 Å². The number of amides is 1. The molecule has 0 aliphatic carbocycles. The summed E-state index contributed by atoms with van der Waals surface area (Å²) in [7, 11) is 0. The van der Waals surface area contributed by atoms with Gasteiger partial charge in [-0.25, -0.2) is 23.4 Å². The van der Waals surface area contributed by atoms with Crippen LogP contribution in [0.2, 0.25) is 0 Å². The van der Waals surface area contributed by atoms with E-state index in [1.807, 2.05) is 0 Å². The summed E-state index contributed by atoms with van der Waals surface area (Å²) in [6, 6.07) is 9.26. The summed E-state index contributed by atoms with van der Waals surface area (Å²) in [6.07, 6.45) is 1.56. The maximum atomic E-state index is 14.1. The quantitative estimate of drug-likeness (QED) is 0.470. The van der Waals surface area contributed by atoms with Gasteiger partial charge in [0.05, 0.1) is 11.9 Å². The van der Waals surface area contributed by atoms with E-state index in [1.54, 1.807) is 37.3 Å². The van der Waals surface area contributed by atoms with E-state index in [4.69, 9.17) is 5.11 Å². The normalized spacial score (nSPS) is 13.3. The van der Waals surface area contributed by atoms with Gasteiger partial charge in [-0.05, 0) is 30.7 Å². The molecule has 0 saturated carbocycles. The van der Waals surface area contributed by atoms with Crippen molar-refractivity contribution in [3.8, 4) is 5.69 Å². The minimum absolute atomic E-state index is 0.0761. The van der Waals surface area contributed by atoms with E-state index in [0.717, 1.165) is 0 Å². The van der Waals surface area contributed by atoms with Crippen LogP contribution in [0.25, 0.3) is 11.2 Å². The molecule has 11 heteroatoms. The molecule has 0 aliphatic heterocycles. The van der Waals surface area contributed by atoms with Crippen LogP contribution < -0.4 is 5.32 Å². The maximum Gasteiger partial charge on any atom is 0.410 e. The lowest BCUT2D eigenvalue weighted by atomic mass is 9.93. The standard InChI is InChI=1S/C18H16FN7O3/c1-2-18(29,14-9-25(24-23-14)12-6-4-3-5-11(12)19)15-8-7-13-16(22-17(27)28)20-10-21-26(13)15/h3-10,29H,2H2,1H3,(H,27,28)(H,20,21,22). The minimum atomic E-state index is -1.61. The summed E-state index contributed by atoms with van der Waals surface area (Å²) in [4.78, 5) is 14.9. The number of carbonyl (C=O) groups is 1. The lowest BCUT2D eigenvalue weighted by molar-refractivity contribution is 0.0653.